The van der Waals surface area contributed by atoms with Gasteiger partial charge in [0.25, 0.3) is 0 Å². The van der Waals surface area contributed by atoms with Gasteiger partial charge in [-0.25, -0.2) is 0 Å². The molecule has 1 amide bonds. The zero-order valence-electron chi connectivity index (χ0n) is 16.2. The Morgan fingerprint density at radius 1 is 1.10 bits per heavy atom. The van der Waals surface area contributed by atoms with Gasteiger partial charge >= 0.3 is 12.1 Å². The second-order valence-electron chi connectivity index (χ2n) is 7.01. The van der Waals surface area contributed by atoms with Crippen LogP contribution in [0.4, 0.5) is 18.9 Å². The molecule has 9 heteroatoms. The van der Waals surface area contributed by atoms with E-state index in [0.717, 1.165) is 6.92 Å². The fraction of sp³-hybridized carbons (Fsp3) is 0.333. The van der Waals surface area contributed by atoms with Crippen molar-refractivity contribution in [2.45, 2.75) is 38.8 Å². The van der Waals surface area contributed by atoms with E-state index in [1.54, 1.807) is 13.0 Å². The molecule has 2 N–H and O–H groups in total. The average molecular weight is 462 g/mol. The monoisotopic (exact) mass is 461 g/mol. The standard InChI is InChI=1S/C21H20Cl2F3NO3/c1-11-9-14(5-7-15(11)22)19(12(2)21(24,25)26)20(30)27-17-10-13(3-6-16(17)23)4-8-18(28)29/h3,5-7,9-10,12,19H,4,8H2,1-2H3,(H,27,30)(H,28,29)/t12-,19+/m1/s1. The van der Waals surface area contributed by atoms with E-state index in [-0.39, 0.29) is 29.1 Å². The van der Waals surface area contributed by atoms with Gasteiger partial charge in [0.05, 0.1) is 22.5 Å². The molecular weight excluding hydrogens is 442 g/mol. The predicted octanol–water partition coefficient (Wildman–Crippen LogP) is 6.24. The summed E-state index contributed by atoms with van der Waals surface area (Å²) in [6, 6.07) is 8.83. The van der Waals surface area contributed by atoms with E-state index < -0.39 is 29.9 Å². The highest BCUT2D eigenvalue weighted by molar-refractivity contribution is 6.33. The van der Waals surface area contributed by atoms with E-state index in [0.29, 0.717) is 16.1 Å². The second-order valence-corrected chi connectivity index (χ2v) is 7.83. The summed E-state index contributed by atoms with van der Waals surface area (Å²) in [5.41, 5.74) is 1.43. The van der Waals surface area contributed by atoms with Crippen molar-refractivity contribution in [2.75, 3.05) is 5.32 Å². The minimum atomic E-state index is -4.61. The molecule has 2 aromatic rings. The van der Waals surface area contributed by atoms with Crippen molar-refractivity contribution < 1.29 is 27.9 Å². The molecule has 0 aliphatic rings. The van der Waals surface area contributed by atoms with Crippen molar-refractivity contribution >= 4 is 40.8 Å². The summed E-state index contributed by atoms with van der Waals surface area (Å²) in [7, 11) is 0. The van der Waals surface area contributed by atoms with Gasteiger partial charge in [0.2, 0.25) is 5.91 Å². The first kappa shape index (κ1) is 24.0. The van der Waals surface area contributed by atoms with Crippen molar-refractivity contribution in [1.82, 2.24) is 0 Å². The van der Waals surface area contributed by atoms with Gasteiger partial charge in [0, 0.05) is 11.4 Å². The summed E-state index contributed by atoms with van der Waals surface area (Å²) in [5.74, 6) is -5.36. The van der Waals surface area contributed by atoms with Crippen LogP contribution in [0, 0.1) is 12.8 Å². The van der Waals surface area contributed by atoms with E-state index in [2.05, 4.69) is 5.32 Å². The van der Waals surface area contributed by atoms with Gasteiger partial charge in [0.1, 0.15) is 0 Å². The average Bonchev–Trinajstić information content (AvgIpc) is 2.64. The largest absolute Gasteiger partial charge is 0.481 e. The maximum absolute atomic E-state index is 13.5. The van der Waals surface area contributed by atoms with Crippen LogP contribution in [-0.4, -0.2) is 23.2 Å². The minimum Gasteiger partial charge on any atom is -0.481 e. The molecule has 0 radical (unpaired) electrons. The molecular formula is C21H20Cl2F3NO3. The number of benzene rings is 2. The topological polar surface area (TPSA) is 66.4 Å². The van der Waals surface area contributed by atoms with Gasteiger partial charge in [-0.15, -0.1) is 0 Å². The molecule has 0 aliphatic heterocycles. The first-order valence-electron chi connectivity index (χ1n) is 9.04. The van der Waals surface area contributed by atoms with E-state index in [9.17, 15) is 22.8 Å². The number of carboxylic acids is 1. The maximum atomic E-state index is 13.5. The number of nitrogens with one attached hydrogen (secondary N) is 1. The van der Waals surface area contributed by atoms with Crippen molar-refractivity contribution in [3.8, 4) is 0 Å². The third kappa shape index (κ3) is 6.12. The zero-order chi connectivity index (χ0) is 22.6. The molecule has 0 saturated carbocycles. The van der Waals surface area contributed by atoms with E-state index in [1.807, 2.05) is 0 Å². The Hall–Kier alpha value is -2.25. The molecule has 0 bridgehead atoms. The molecule has 0 aliphatic carbocycles. The lowest BCUT2D eigenvalue weighted by atomic mass is 9.85. The lowest BCUT2D eigenvalue weighted by molar-refractivity contribution is -0.178. The molecule has 0 unspecified atom stereocenters. The van der Waals surface area contributed by atoms with E-state index in [4.69, 9.17) is 28.3 Å². The van der Waals surface area contributed by atoms with Crippen LogP contribution in [0.15, 0.2) is 36.4 Å². The molecule has 162 valence electrons. The number of carbonyl (C=O) groups excluding carboxylic acids is 1. The van der Waals surface area contributed by atoms with Gasteiger partial charge < -0.3 is 10.4 Å². The van der Waals surface area contributed by atoms with Crippen LogP contribution in [0.2, 0.25) is 10.0 Å². The molecule has 30 heavy (non-hydrogen) atoms. The number of amides is 1. The fourth-order valence-corrected chi connectivity index (χ4v) is 3.29. The highest BCUT2D eigenvalue weighted by Gasteiger charge is 2.45. The Morgan fingerprint density at radius 3 is 2.30 bits per heavy atom. The summed E-state index contributed by atoms with van der Waals surface area (Å²) in [6.45, 7) is 2.58. The number of hydrogen-bond acceptors (Lipinski definition) is 2. The molecule has 0 heterocycles. The number of hydrogen-bond donors (Lipinski definition) is 2. The van der Waals surface area contributed by atoms with Gasteiger partial charge in [0.15, 0.2) is 0 Å². The Bertz CT molecular complexity index is 948. The lowest BCUT2D eigenvalue weighted by Crippen LogP contribution is -2.34. The Balaban J connectivity index is 2.38. The smallest absolute Gasteiger partial charge is 0.392 e. The Morgan fingerprint density at radius 2 is 1.73 bits per heavy atom. The fourth-order valence-electron chi connectivity index (χ4n) is 3.00. The van der Waals surface area contributed by atoms with Crippen LogP contribution in [0.25, 0.3) is 0 Å². The number of rotatable bonds is 7. The summed E-state index contributed by atoms with van der Waals surface area (Å²) in [6.07, 6.45) is -4.55. The number of aliphatic carboxylic acids is 1. The summed E-state index contributed by atoms with van der Waals surface area (Å²) in [4.78, 5) is 23.7. The van der Waals surface area contributed by atoms with Crippen molar-refractivity contribution in [2.24, 2.45) is 5.92 Å². The molecule has 2 aromatic carbocycles. The first-order valence-corrected chi connectivity index (χ1v) is 9.79. The highest BCUT2D eigenvalue weighted by atomic mass is 35.5. The molecule has 2 atom stereocenters. The van der Waals surface area contributed by atoms with Crippen molar-refractivity contribution in [3.63, 3.8) is 0 Å². The first-order chi connectivity index (χ1) is 13.9. The number of anilines is 1. The highest BCUT2D eigenvalue weighted by Crippen LogP contribution is 2.39. The van der Waals surface area contributed by atoms with Crippen LogP contribution in [0.1, 0.15) is 36.0 Å². The molecule has 0 saturated heterocycles. The van der Waals surface area contributed by atoms with Crippen LogP contribution >= 0.6 is 23.2 Å². The van der Waals surface area contributed by atoms with Crippen molar-refractivity contribution in [3.05, 3.63) is 63.1 Å². The van der Waals surface area contributed by atoms with Crippen LogP contribution in [-0.2, 0) is 16.0 Å². The molecule has 2 rings (SSSR count). The second kappa shape index (κ2) is 9.71. The molecule has 0 fully saturated rings. The van der Waals surface area contributed by atoms with Crippen molar-refractivity contribution in [1.29, 1.82) is 0 Å². The Kier molecular flexibility index (Phi) is 7.77. The van der Waals surface area contributed by atoms with Gasteiger partial charge in [-0.2, -0.15) is 13.2 Å². The third-order valence-corrected chi connectivity index (χ3v) is 5.51. The zero-order valence-corrected chi connectivity index (χ0v) is 17.7. The van der Waals surface area contributed by atoms with E-state index >= 15 is 0 Å². The van der Waals surface area contributed by atoms with Gasteiger partial charge in [-0.3, -0.25) is 9.59 Å². The number of alkyl halides is 3. The SMILES string of the molecule is Cc1cc([C@@H](C(=O)Nc2cc(CCC(=O)O)ccc2Cl)[C@@H](C)C(F)(F)F)ccc1Cl. The third-order valence-electron chi connectivity index (χ3n) is 4.76. The van der Waals surface area contributed by atoms with Crippen LogP contribution in [0.5, 0.6) is 0 Å². The van der Waals surface area contributed by atoms with Crippen LogP contribution < -0.4 is 5.32 Å². The summed E-state index contributed by atoms with van der Waals surface area (Å²) < 4.78 is 40.5. The van der Waals surface area contributed by atoms with E-state index in [1.165, 1.54) is 30.3 Å². The minimum absolute atomic E-state index is 0.120. The van der Waals surface area contributed by atoms with Gasteiger partial charge in [-0.05, 0) is 48.2 Å². The molecule has 4 nitrogen and oxygen atoms in total. The number of carboxylic acid groups (broad SMARTS) is 1. The number of halogens is 5. The summed E-state index contributed by atoms with van der Waals surface area (Å²) in [5, 5.41) is 11.8. The number of aryl methyl sites for hydroxylation is 2. The predicted molar refractivity (Wildman–Crippen MR) is 110 cm³/mol. The Labute approximate surface area is 182 Å². The quantitative estimate of drug-likeness (QED) is 0.512. The normalized spacial score (nSPS) is 13.6. The summed E-state index contributed by atoms with van der Waals surface area (Å²) >= 11 is 12.1. The van der Waals surface area contributed by atoms with Gasteiger partial charge in [-0.1, -0.05) is 48.3 Å². The maximum Gasteiger partial charge on any atom is 0.392 e. The lowest BCUT2D eigenvalue weighted by Gasteiger charge is -2.26. The molecule has 0 aromatic heterocycles. The number of carbonyl (C=O) groups is 2. The molecule has 0 spiro atoms. The van der Waals surface area contributed by atoms with Crippen LogP contribution in [0.3, 0.4) is 0 Å².